The Hall–Kier alpha value is -3.37. The molecule has 174 valence electrons. The van der Waals surface area contributed by atoms with Gasteiger partial charge in [-0.25, -0.2) is 17.5 Å². The van der Waals surface area contributed by atoms with E-state index in [-0.39, 0.29) is 45.8 Å². The van der Waals surface area contributed by atoms with Crippen LogP contribution in [0, 0.1) is 0 Å². The van der Waals surface area contributed by atoms with Crippen LogP contribution in [0.4, 0.5) is 0 Å². The van der Waals surface area contributed by atoms with Crippen LogP contribution in [0.15, 0.2) is 46.9 Å². The minimum atomic E-state index is -4.25. The Morgan fingerprint density at radius 2 is 1.85 bits per heavy atom. The van der Waals surface area contributed by atoms with Gasteiger partial charge in [0.05, 0.1) is 23.8 Å². The highest BCUT2D eigenvalue weighted by Crippen LogP contribution is 2.36. The van der Waals surface area contributed by atoms with E-state index >= 15 is 0 Å². The average Bonchev–Trinajstić information content (AvgIpc) is 2.96. The lowest BCUT2D eigenvalue weighted by Gasteiger charge is -2.15. The monoisotopic (exact) mass is 493 g/mol. The van der Waals surface area contributed by atoms with Crippen LogP contribution >= 0.6 is 11.6 Å². The fourth-order valence-corrected chi connectivity index (χ4v) is 4.92. The average molecular weight is 494 g/mol. The number of phenolic OH excluding ortho intramolecular Hbond substituents is 1. The smallest absolute Gasteiger partial charge is 0.341 e. The number of halogens is 1. The molecular weight excluding hydrogens is 474 g/mol. The zero-order chi connectivity index (χ0) is 24.3. The van der Waals surface area contributed by atoms with Gasteiger partial charge in [0.25, 0.3) is 15.9 Å². The van der Waals surface area contributed by atoms with Crippen molar-refractivity contribution in [2.45, 2.75) is 18.7 Å². The number of benzene rings is 2. The normalized spacial score (nSPS) is 14.7. The Balaban J connectivity index is 2.00. The Kier molecular flexibility index (Phi) is 7.09. The Morgan fingerprint density at radius 3 is 2.48 bits per heavy atom. The summed E-state index contributed by atoms with van der Waals surface area (Å²) in [7, 11) is -4.25. The first-order valence-corrected chi connectivity index (χ1v) is 11.7. The third kappa shape index (κ3) is 4.71. The number of hydrogen-bond donors (Lipinski definition) is 1. The summed E-state index contributed by atoms with van der Waals surface area (Å²) in [4.78, 5) is 37.9. The van der Waals surface area contributed by atoms with Crippen molar-refractivity contribution in [1.82, 2.24) is 4.31 Å². The molecule has 3 rings (SSSR count). The molecule has 0 aliphatic carbocycles. The van der Waals surface area contributed by atoms with E-state index in [1.54, 1.807) is 6.92 Å². The van der Waals surface area contributed by atoms with Gasteiger partial charge in [0.15, 0.2) is 17.3 Å². The number of carbonyl (C=O) groups is 3. The highest BCUT2D eigenvalue weighted by atomic mass is 35.5. The Bertz CT molecular complexity index is 1270. The predicted octanol–water partition coefficient (Wildman–Crippen LogP) is 2.80. The van der Waals surface area contributed by atoms with Crippen LogP contribution in [0.1, 0.15) is 29.8 Å². The van der Waals surface area contributed by atoms with Gasteiger partial charge in [-0.2, -0.15) is 0 Å². The second kappa shape index (κ2) is 9.63. The van der Waals surface area contributed by atoms with Gasteiger partial charge < -0.3 is 14.6 Å². The molecule has 0 bridgehead atoms. The number of phenols is 1. The molecule has 1 amide bonds. The molecule has 2 aromatic carbocycles. The molecule has 1 heterocycles. The minimum Gasteiger partial charge on any atom is -0.503 e. The van der Waals surface area contributed by atoms with Crippen molar-refractivity contribution in [2.75, 3.05) is 19.8 Å². The van der Waals surface area contributed by atoms with E-state index < -0.39 is 39.8 Å². The molecule has 0 saturated carbocycles. The number of aromatic hydroxyl groups is 1. The molecule has 0 radical (unpaired) electrons. The number of ketones is 1. The van der Waals surface area contributed by atoms with E-state index in [2.05, 4.69) is 0 Å². The summed E-state index contributed by atoms with van der Waals surface area (Å²) in [5.41, 5.74) is -0.338. The van der Waals surface area contributed by atoms with Gasteiger partial charge >= 0.3 is 5.97 Å². The van der Waals surface area contributed by atoms with Gasteiger partial charge in [0, 0.05) is 0 Å². The first-order valence-electron chi connectivity index (χ1n) is 9.85. The van der Waals surface area contributed by atoms with Crippen LogP contribution in [-0.2, 0) is 24.3 Å². The van der Waals surface area contributed by atoms with Gasteiger partial charge in [-0.05, 0) is 49.8 Å². The zero-order valence-electron chi connectivity index (χ0n) is 17.7. The van der Waals surface area contributed by atoms with Gasteiger partial charge in [0.1, 0.15) is 17.0 Å². The highest BCUT2D eigenvalue weighted by Gasteiger charge is 2.42. The molecule has 11 heteroatoms. The highest BCUT2D eigenvalue weighted by molar-refractivity contribution is 7.90. The number of rotatable bonds is 8. The molecule has 0 aromatic heterocycles. The standard InChI is InChI=1S/C22H20ClNO8S/c1-3-31-18-11-13(10-16(23)20(18)26)9-15(22(28)32-4-2)17(25)12-24-21(27)14-7-5-6-8-19(14)33(24,29)30/h5-11,26H,3-4,12H2,1-2H3. The Morgan fingerprint density at radius 1 is 1.15 bits per heavy atom. The van der Waals surface area contributed by atoms with Gasteiger partial charge in [-0.3, -0.25) is 9.59 Å². The lowest BCUT2D eigenvalue weighted by molar-refractivity contribution is -0.139. The number of fused-ring (bicyclic) bond motifs is 1. The van der Waals surface area contributed by atoms with Crippen LogP contribution in [0.3, 0.4) is 0 Å². The predicted molar refractivity (Wildman–Crippen MR) is 119 cm³/mol. The fourth-order valence-electron chi connectivity index (χ4n) is 3.17. The quantitative estimate of drug-likeness (QED) is 0.257. The van der Waals surface area contributed by atoms with Crippen molar-refractivity contribution in [1.29, 1.82) is 0 Å². The fraction of sp³-hybridized carbons (Fsp3) is 0.227. The molecule has 1 aliphatic heterocycles. The molecule has 2 aromatic rings. The van der Waals surface area contributed by atoms with Crippen molar-refractivity contribution in [3.05, 3.63) is 58.1 Å². The number of hydrogen-bond acceptors (Lipinski definition) is 8. The van der Waals surface area contributed by atoms with Gasteiger partial charge in [-0.15, -0.1) is 0 Å². The van der Waals surface area contributed by atoms with Crippen molar-refractivity contribution >= 4 is 45.4 Å². The molecular formula is C22H20ClNO8S. The summed E-state index contributed by atoms with van der Waals surface area (Å²) < 4.78 is 36.2. The van der Waals surface area contributed by atoms with E-state index in [0.717, 1.165) is 6.08 Å². The number of ether oxygens (including phenoxy) is 2. The van der Waals surface area contributed by atoms with Crippen LogP contribution in [0.2, 0.25) is 5.02 Å². The summed E-state index contributed by atoms with van der Waals surface area (Å²) >= 11 is 6.01. The minimum absolute atomic E-state index is 0.0275. The maximum absolute atomic E-state index is 13.0. The van der Waals surface area contributed by atoms with Crippen LogP contribution in [0.5, 0.6) is 11.5 Å². The molecule has 9 nitrogen and oxygen atoms in total. The molecule has 0 saturated heterocycles. The molecule has 1 aliphatic rings. The van der Waals surface area contributed by atoms with E-state index in [1.165, 1.54) is 43.3 Å². The molecule has 0 unspecified atom stereocenters. The van der Waals surface area contributed by atoms with Crippen molar-refractivity contribution in [2.24, 2.45) is 0 Å². The lowest BCUT2D eigenvalue weighted by Crippen LogP contribution is -2.36. The molecule has 0 atom stereocenters. The van der Waals surface area contributed by atoms with Gasteiger partial charge in [-0.1, -0.05) is 23.7 Å². The maximum atomic E-state index is 13.0. The molecule has 33 heavy (non-hydrogen) atoms. The largest absolute Gasteiger partial charge is 0.503 e. The van der Waals surface area contributed by atoms with E-state index in [4.69, 9.17) is 21.1 Å². The number of sulfonamides is 1. The van der Waals surface area contributed by atoms with Gasteiger partial charge in [0.2, 0.25) is 0 Å². The van der Waals surface area contributed by atoms with Crippen LogP contribution in [0.25, 0.3) is 6.08 Å². The second-order valence-corrected chi connectivity index (χ2v) is 9.04. The first-order chi connectivity index (χ1) is 15.6. The summed E-state index contributed by atoms with van der Waals surface area (Å²) in [5, 5.41) is 9.92. The number of amides is 1. The lowest BCUT2D eigenvalue weighted by atomic mass is 10.1. The number of nitrogens with zero attached hydrogens (tertiary/aromatic N) is 1. The third-order valence-electron chi connectivity index (χ3n) is 4.66. The molecule has 0 fully saturated rings. The second-order valence-electron chi connectivity index (χ2n) is 6.80. The van der Waals surface area contributed by atoms with Crippen LogP contribution < -0.4 is 4.74 Å². The van der Waals surface area contributed by atoms with Crippen molar-refractivity contribution < 1.29 is 37.4 Å². The van der Waals surface area contributed by atoms with Crippen LogP contribution in [-0.4, -0.2) is 55.2 Å². The summed E-state index contributed by atoms with van der Waals surface area (Å²) in [6.07, 6.45) is 1.13. The van der Waals surface area contributed by atoms with E-state index in [9.17, 15) is 27.9 Å². The summed E-state index contributed by atoms with van der Waals surface area (Å²) in [6, 6.07) is 8.22. The maximum Gasteiger partial charge on any atom is 0.341 e. The van der Waals surface area contributed by atoms with E-state index in [0.29, 0.717) is 4.31 Å². The summed E-state index contributed by atoms with van der Waals surface area (Å²) in [5.74, 6) is -3.12. The third-order valence-corrected chi connectivity index (χ3v) is 6.73. The van der Waals surface area contributed by atoms with E-state index in [1.807, 2.05) is 0 Å². The van der Waals surface area contributed by atoms with Crippen molar-refractivity contribution in [3.8, 4) is 11.5 Å². The number of Topliss-reactive ketones (excluding diaryl/α,β-unsaturated/α-hetero) is 1. The first kappa shape index (κ1) is 24.3. The molecule has 1 N–H and O–H groups in total. The topological polar surface area (TPSA) is 127 Å². The SMILES string of the molecule is CCOC(=O)C(=Cc1cc(Cl)c(O)c(OCC)c1)C(=O)CN1C(=O)c2ccccc2S1(=O)=O. The summed E-state index contributed by atoms with van der Waals surface area (Å²) in [6.45, 7) is 2.50. The zero-order valence-corrected chi connectivity index (χ0v) is 19.3. The number of carbonyl (C=O) groups excluding carboxylic acids is 3. The number of esters is 1. The Labute approximate surface area is 195 Å². The van der Waals surface area contributed by atoms with Crippen molar-refractivity contribution in [3.63, 3.8) is 0 Å². The molecule has 0 spiro atoms.